The molecule has 2 atom stereocenters. The highest BCUT2D eigenvalue weighted by molar-refractivity contribution is 7.89. The van der Waals surface area contributed by atoms with Gasteiger partial charge in [0.1, 0.15) is 0 Å². The SMILES string of the molecule is CN(C[C@@H](CCN1CCC2(CC1)CS(=O)c1ccccc12)c1ccc(Cl)c(Cl)c1)S(=O)(=O)C1CCCC1. The summed E-state index contributed by atoms with van der Waals surface area (Å²) >= 11 is 12.5. The Bertz CT molecular complexity index is 1260. The number of likely N-dealkylation sites (tertiary alicyclic amines) is 1. The van der Waals surface area contributed by atoms with Crippen molar-refractivity contribution in [3.8, 4) is 0 Å². The average molecular weight is 584 g/mol. The summed E-state index contributed by atoms with van der Waals surface area (Å²) in [5.74, 6) is 0.752. The highest BCUT2D eigenvalue weighted by Gasteiger charge is 2.44. The van der Waals surface area contributed by atoms with Gasteiger partial charge < -0.3 is 4.90 Å². The molecule has 0 radical (unpaired) electrons. The lowest BCUT2D eigenvalue weighted by molar-refractivity contribution is 0.165. The number of halogens is 2. The maximum Gasteiger partial charge on any atom is 0.216 e. The molecule has 1 unspecified atom stereocenters. The number of hydrogen-bond donors (Lipinski definition) is 0. The van der Waals surface area contributed by atoms with Crippen molar-refractivity contribution in [1.82, 2.24) is 9.21 Å². The summed E-state index contributed by atoms with van der Waals surface area (Å²) in [6.45, 7) is 3.22. The highest BCUT2D eigenvalue weighted by Crippen LogP contribution is 2.45. The Kier molecular flexibility index (Phi) is 8.40. The van der Waals surface area contributed by atoms with Crippen LogP contribution in [0.25, 0.3) is 0 Å². The molecular formula is C28H36Cl2N2O3S2. The van der Waals surface area contributed by atoms with Gasteiger partial charge in [-0.1, -0.05) is 60.3 Å². The van der Waals surface area contributed by atoms with Crippen LogP contribution in [0.5, 0.6) is 0 Å². The van der Waals surface area contributed by atoms with Gasteiger partial charge in [-0.15, -0.1) is 0 Å². The van der Waals surface area contributed by atoms with E-state index in [9.17, 15) is 12.6 Å². The highest BCUT2D eigenvalue weighted by atomic mass is 35.5. The van der Waals surface area contributed by atoms with Crippen LogP contribution >= 0.6 is 23.2 Å². The van der Waals surface area contributed by atoms with Crippen molar-refractivity contribution in [3.63, 3.8) is 0 Å². The molecule has 5 nitrogen and oxygen atoms in total. The number of sulfonamides is 1. The standard InChI is InChI=1S/C28H36Cl2N2O3S2/c1-31(37(34,35)23-6-2-3-7-23)19-22(21-10-11-25(29)26(30)18-21)12-15-32-16-13-28(14-17-32)20-36(33)27-9-5-4-8-24(27)28/h4-5,8-11,18,22-23H,2-3,6-7,12-17,19-20H2,1H3/t22-,36?/m1/s1. The molecule has 5 rings (SSSR count). The lowest BCUT2D eigenvalue weighted by Crippen LogP contribution is -2.44. The minimum Gasteiger partial charge on any atom is -0.303 e. The van der Waals surface area contributed by atoms with Crippen LogP contribution in [0.15, 0.2) is 47.4 Å². The van der Waals surface area contributed by atoms with Crippen molar-refractivity contribution in [1.29, 1.82) is 0 Å². The Hall–Kier alpha value is -0.960. The first-order chi connectivity index (χ1) is 17.7. The molecule has 1 saturated carbocycles. The molecule has 2 heterocycles. The summed E-state index contributed by atoms with van der Waals surface area (Å²) in [5, 5.41) is 0.745. The molecule has 2 fully saturated rings. The normalized spacial score (nSPS) is 23.1. The fourth-order valence-electron chi connectivity index (χ4n) is 6.45. The zero-order valence-electron chi connectivity index (χ0n) is 21.4. The van der Waals surface area contributed by atoms with E-state index in [1.807, 2.05) is 24.3 Å². The van der Waals surface area contributed by atoms with Crippen molar-refractivity contribution in [2.24, 2.45) is 0 Å². The first-order valence-corrected chi connectivity index (χ1v) is 16.9. The van der Waals surface area contributed by atoms with E-state index in [2.05, 4.69) is 17.0 Å². The third-order valence-corrected chi connectivity index (χ3v) is 13.5. The van der Waals surface area contributed by atoms with Crippen LogP contribution < -0.4 is 0 Å². The molecule has 2 aliphatic heterocycles. The summed E-state index contributed by atoms with van der Waals surface area (Å²) in [7, 11) is -2.50. The van der Waals surface area contributed by atoms with Gasteiger partial charge in [-0.25, -0.2) is 12.7 Å². The number of nitrogens with zero attached hydrogens (tertiary/aromatic N) is 2. The fraction of sp³-hybridized carbons (Fsp3) is 0.571. The van der Waals surface area contributed by atoms with Gasteiger partial charge in [0.2, 0.25) is 10.0 Å². The minimum absolute atomic E-state index is 0.0199. The zero-order chi connectivity index (χ0) is 26.2. The van der Waals surface area contributed by atoms with Gasteiger partial charge in [0.15, 0.2) is 0 Å². The first kappa shape index (κ1) is 27.6. The molecule has 0 N–H and O–H groups in total. The van der Waals surface area contributed by atoms with E-state index in [0.717, 1.165) is 80.8 Å². The van der Waals surface area contributed by atoms with E-state index in [1.54, 1.807) is 17.4 Å². The van der Waals surface area contributed by atoms with Crippen molar-refractivity contribution in [2.75, 3.05) is 39.0 Å². The van der Waals surface area contributed by atoms with Gasteiger partial charge in [0.05, 0.1) is 26.1 Å². The number of rotatable bonds is 8. The average Bonchev–Trinajstić information content (AvgIpc) is 3.53. The lowest BCUT2D eigenvalue weighted by Gasteiger charge is -2.40. The predicted molar refractivity (Wildman–Crippen MR) is 153 cm³/mol. The maximum atomic E-state index is 13.2. The topological polar surface area (TPSA) is 57.7 Å². The number of likely N-dealkylation sites (N-methyl/N-ethyl adjacent to an activating group) is 1. The van der Waals surface area contributed by atoms with Crippen LogP contribution in [-0.2, 0) is 26.2 Å². The largest absolute Gasteiger partial charge is 0.303 e. The van der Waals surface area contributed by atoms with Crippen LogP contribution in [0.4, 0.5) is 0 Å². The zero-order valence-corrected chi connectivity index (χ0v) is 24.5. The van der Waals surface area contributed by atoms with E-state index < -0.39 is 20.8 Å². The van der Waals surface area contributed by atoms with Crippen LogP contribution in [0, 0.1) is 0 Å². The molecule has 2 aromatic carbocycles. The van der Waals surface area contributed by atoms with Crippen LogP contribution in [0.2, 0.25) is 10.0 Å². The van der Waals surface area contributed by atoms with Crippen LogP contribution in [-0.4, -0.2) is 66.1 Å². The van der Waals surface area contributed by atoms with Crippen molar-refractivity contribution in [3.05, 3.63) is 63.6 Å². The minimum atomic E-state index is -3.32. The second-order valence-corrected chi connectivity index (χ2v) is 15.6. The van der Waals surface area contributed by atoms with Crippen LogP contribution in [0.1, 0.15) is 62.0 Å². The smallest absolute Gasteiger partial charge is 0.216 e. The molecule has 37 heavy (non-hydrogen) atoms. The Balaban J connectivity index is 1.27. The molecule has 3 aliphatic rings. The second kappa shape index (κ2) is 11.3. The monoisotopic (exact) mass is 582 g/mol. The Labute approximate surface area is 234 Å². The Morgan fingerprint density at radius 3 is 2.49 bits per heavy atom. The summed E-state index contributed by atoms with van der Waals surface area (Å²) in [5.41, 5.74) is 2.33. The van der Waals surface area contributed by atoms with Crippen molar-refractivity contribution < 1.29 is 12.6 Å². The fourth-order valence-corrected chi connectivity index (χ4v) is 10.4. The van der Waals surface area contributed by atoms with E-state index in [4.69, 9.17) is 23.2 Å². The van der Waals surface area contributed by atoms with E-state index in [0.29, 0.717) is 16.6 Å². The number of piperidine rings is 1. The van der Waals surface area contributed by atoms with Gasteiger partial charge >= 0.3 is 0 Å². The molecule has 0 amide bonds. The number of benzene rings is 2. The molecule has 1 spiro atoms. The predicted octanol–water partition coefficient (Wildman–Crippen LogP) is 5.83. The first-order valence-electron chi connectivity index (χ1n) is 13.3. The van der Waals surface area contributed by atoms with Crippen molar-refractivity contribution in [2.45, 2.75) is 66.4 Å². The summed E-state index contributed by atoms with van der Waals surface area (Å²) < 4.78 is 40.8. The maximum absolute atomic E-state index is 13.2. The quantitative estimate of drug-likeness (QED) is 0.393. The van der Waals surface area contributed by atoms with Crippen LogP contribution in [0.3, 0.4) is 0 Å². The second-order valence-electron chi connectivity index (χ2n) is 11.0. The van der Waals surface area contributed by atoms with E-state index in [1.165, 1.54) is 5.56 Å². The molecular weight excluding hydrogens is 547 g/mol. The molecule has 2 aromatic rings. The van der Waals surface area contributed by atoms with Gasteiger partial charge in [-0.3, -0.25) is 4.21 Å². The third-order valence-electron chi connectivity index (χ3n) is 8.77. The van der Waals surface area contributed by atoms with Crippen molar-refractivity contribution >= 4 is 44.0 Å². The van der Waals surface area contributed by atoms with E-state index in [-0.39, 0.29) is 16.6 Å². The molecule has 1 saturated heterocycles. The molecule has 9 heteroatoms. The van der Waals surface area contributed by atoms with Gasteiger partial charge in [0.25, 0.3) is 0 Å². The summed E-state index contributed by atoms with van der Waals surface area (Å²) in [4.78, 5) is 3.49. The van der Waals surface area contributed by atoms with Gasteiger partial charge in [0, 0.05) is 29.7 Å². The summed E-state index contributed by atoms with van der Waals surface area (Å²) in [6.07, 6.45) is 6.33. The molecule has 202 valence electrons. The van der Waals surface area contributed by atoms with Gasteiger partial charge in [-0.2, -0.15) is 0 Å². The molecule has 0 aromatic heterocycles. The van der Waals surface area contributed by atoms with E-state index >= 15 is 0 Å². The molecule has 1 aliphatic carbocycles. The third kappa shape index (κ3) is 5.68. The van der Waals surface area contributed by atoms with Gasteiger partial charge in [-0.05, 0) is 87.0 Å². The number of fused-ring (bicyclic) bond motifs is 2. The lowest BCUT2D eigenvalue weighted by atomic mass is 9.74. The number of hydrogen-bond acceptors (Lipinski definition) is 4. The Morgan fingerprint density at radius 1 is 1.08 bits per heavy atom. The Morgan fingerprint density at radius 2 is 1.78 bits per heavy atom. The summed E-state index contributed by atoms with van der Waals surface area (Å²) in [6, 6.07) is 13.9. The molecule has 0 bridgehead atoms.